The van der Waals surface area contributed by atoms with E-state index in [1.165, 1.54) is 0 Å². The Morgan fingerprint density at radius 1 is 1.15 bits per heavy atom. The Morgan fingerprint density at radius 2 is 1.85 bits per heavy atom. The number of hydrogen-bond acceptors (Lipinski definition) is 4. The number of aryl methyl sites for hydroxylation is 2. The van der Waals surface area contributed by atoms with Crippen molar-refractivity contribution in [3.63, 3.8) is 0 Å². The second kappa shape index (κ2) is 6.57. The number of aromatic nitrogens is 2. The molecule has 20 heavy (non-hydrogen) atoms. The van der Waals surface area contributed by atoms with Gasteiger partial charge in [0, 0.05) is 11.6 Å². The molecule has 0 amide bonds. The van der Waals surface area contributed by atoms with Crippen LogP contribution in [0.5, 0.6) is 5.75 Å². The van der Waals surface area contributed by atoms with Crippen molar-refractivity contribution in [2.45, 2.75) is 27.4 Å². The number of ether oxygens (including phenoxy) is 1. The maximum Gasteiger partial charge on any atom is 0.144 e. The molecule has 1 heterocycles. The van der Waals surface area contributed by atoms with Crippen molar-refractivity contribution in [3.8, 4) is 5.75 Å². The normalized spacial score (nSPS) is 10.4. The Bertz CT molecular complexity index is 561. The van der Waals surface area contributed by atoms with Gasteiger partial charge in [0.15, 0.2) is 0 Å². The first-order chi connectivity index (χ1) is 9.60. The molecule has 0 aliphatic carbocycles. The molecule has 4 nitrogen and oxygen atoms in total. The predicted octanol–water partition coefficient (Wildman–Crippen LogP) is 3.76. The highest BCUT2D eigenvalue weighted by Gasteiger charge is 2.04. The van der Waals surface area contributed by atoms with Crippen LogP contribution in [0.3, 0.4) is 0 Å². The smallest absolute Gasteiger partial charge is 0.144 e. The Labute approximate surface area is 124 Å². The standard InChI is InChI=1S/C15H18ClN3O/c1-4-17-14-8-18-12(7-19-14)9-20-13-5-10(2)15(16)11(3)6-13/h5-8H,4,9H2,1-3H3,(H,17,19). The first kappa shape index (κ1) is 14.6. The summed E-state index contributed by atoms with van der Waals surface area (Å²) in [6, 6.07) is 3.85. The van der Waals surface area contributed by atoms with Crippen molar-refractivity contribution < 1.29 is 4.74 Å². The summed E-state index contributed by atoms with van der Waals surface area (Å²) in [5.74, 6) is 1.57. The van der Waals surface area contributed by atoms with Crippen molar-refractivity contribution in [3.05, 3.63) is 46.4 Å². The summed E-state index contributed by atoms with van der Waals surface area (Å²) in [6.45, 7) is 7.16. The third-order valence-electron chi connectivity index (χ3n) is 2.86. The third-order valence-corrected chi connectivity index (χ3v) is 3.46. The van der Waals surface area contributed by atoms with Gasteiger partial charge in [0.25, 0.3) is 0 Å². The Balaban J connectivity index is 2.01. The maximum absolute atomic E-state index is 6.13. The average molecular weight is 292 g/mol. The SMILES string of the molecule is CCNc1cnc(COc2cc(C)c(Cl)c(C)c2)cn1. The average Bonchev–Trinajstić information content (AvgIpc) is 2.44. The molecule has 0 saturated heterocycles. The van der Waals surface area contributed by atoms with Crippen LogP contribution in [0.1, 0.15) is 23.7 Å². The van der Waals surface area contributed by atoms with Crippen LogP contribution in [0.25, 0.3) is 0 Å². The van der Waals surface area contributed by atoms with E-state index >= 15 is 0 Å². The van der Waals surface area contributed by atoms with Crippen LogP contribution < -0.4 is 10.1 Å². The first-order valence-corrected chi connectivity index (χ1v) is 6.92. The second-order valence-corrected chi connectivity index (χ2v) is 4.96. The fraction of sp³-hybridized carbons (Fsp3) is 0.333. The molecule has 0 aliphatic rings. The van der Waals surface area contributed by atoms with Crippen molar-refractivity contribution in [2.24, 2.45) is 0 Å². The lowest BCUT2D eigenvalue weighted by atomic mass is 10.1. The van der Waals surface area contributed by atoms with E-state index in [9.17, 15) is 0 Å². The monoisotopic (exact) mass is 291 g/mol. The van der Waals surface area contributed by atoms with E-state index in [0.717, 1.165) is 40.0 Å². The first-order valence-electron chi connectivity index (χ1n) is 6.54. The molecule has 0 fully saturated rings. The van der Waals surface area contributed by atoms with E-state index in [4.69, 9.17) is 16.3 Å². The zero-order chi connectivity index (χ0) is 14.5. The fourth-order valence-electron chi connectivity index (χ4n) is 1.85. The topological polar surface area (TPSA) is 47.0 Å². The van der Waals surface area contributed by atoms with E-state index in [1.807, 2.05) is 32.9 Å². The van der Waals surface area contributed by atoms with Crippen LogP contribution in [0, 0.1) is 13.8 Å². The summed E-state index contributed by atoms with van der Waals surface area (Å²) in [4.78, 5) is 8.55. The largest absolute Gasteiger partial charge is 0.487 e. The highest BCUT2D eigenvalue weighted by Crippen LogP contribution is 2.26. The number of halogens is 1. The minimum atomic E-state index is 0.389. The van der Waals surface area contributed by atoms with Crippen LogP contribution in [-0.4, -0.2) is 16.5 Å². The molecule has 1 N–H and O–H groups in total. The van der Waals surface area contributed by atoms with Gasteiger partial charge in [-0.2, -0.15) is 0 Å². The molecule has 0 radical (unpaired) electrons. The minimum Gasteiger partial charge on any atom is -0.487 e. The Kier molecular flexibility index (Phi) is 4.79. The number of nitrogens with one attached hydrogen (secondary N) is 1. The van der Waals surface area contributed by atoms with Gasteiger partial charge < -0.3 is 10.1 Å². The van der Waals surface area contributed by atoms with E-state index in [-0.39, 0.29) is 0 Å². The summed E-state index contributed by atoms with van der Waals surface area (Å²) >= 11 is 6.13. The van der Waals surface area contributed by atoms with Gasteiger partial charge >= 0.3 is 0 Å². The molecule has 2 aromatic rings. The van der Waals surface area contributed by atoms with E-state index in [0.29, 0.717) is 6.61 Å². The summed E-state index contributed by atoms with van der Waals surface area (Å²) in [7, 11) is 0. The molecule has 0 bridgehead atoms. The summed E-state index contributed by atoms with van der Waals surface area (Å²) in [5, 5.41) is 3.88. The van der Waals surface area contributed by atoms with Crippen LogP contribution in [0.2, 0.25) is 5.02 Å². The molecular formula is C15H18ClN3O. The number of nitrogens with zero attached hydrogens (tertiary/aromatic N) is 2. The Morgan fingerprint density at radius 3 is 2.40 bits per heavy atom. The highest BCUT2D eigenvalue weighted by atomic mass is 35.5. The molecule has 1 aromatic heterocycles. The van der Waals surface area contributed by atoms with Gasteiger partial charge in [-0.1, -0.05) is 11.6 Å². The van der Waals surface area contributed by atoms with E-state index in [2.05, 4.69) is 15.3 Å². The van der Waals surface area contributed by atoms with Crippen LogP contribution >= 0.6 is 11.6 Å². The molecular weight excluding hydrogens is 274 g/mol. The molecule has 0 saturated carbocycles. The molecule has 2 rings (SSSR count). The van der Waals surface area contributed by atoms with Gasteiger partial charge in [-0.15, -0.1) is 0 Å². The predicted molar refractivity (Wildman–Crippen MR) is 81.5 cm³/mol. The van der Waals surface area contributed by atoms with Crippen LogP contribution in [-0.2, 0) is 6.61 Å². The van der Waals surface area contributed by atoms with Gasteiger partial charge in [0.2, 0.25) is 0 Å². The van der Waals surface area contributed by atoms with Gasteiger partial charge in [0.1, 0.15) is 18.2 Å². The lowest BCUT2D eigenvalue weighted by Gasteiger charge is -2.10. The minimum absolute atomic E-state index is 0.389. The van der Waals surface area contributed by atoms with Crippen LogP contribution in [0.4, 0.5) is 5.82 Å². The Hall–Kier alpha value is -1.81. The van der Waals surface area contributed by atoms with Crippen molar-refractivity contribution in [1.29, 1.82) is 0 Å². The van der Waals surface area contributed by atoms with Crippen molar-refractivity contribution >= 4 is 17.4 Å². The highest BCUT2D eigenvalue weighted by molar-refractivity contribution is 6.32. The summed E-state index contributed by atoms with van der Waals surface area (Å²) < 4.78 is 5.73. The quantitative estimate of drug-likeness (QED) is 0.911. The lowest BCUT2D eigenvalue weighted by Crippen LogP contribution is -2.03. The number of rotatable bonds is 5. The fourth-order valence-corrected chi connectivity index (χ4v) is 1.96. The lowest BCUT2D eigenvalue weighted by molar-refractivity contribution is 0.300. The molecule has 5 heteroatoms. The van der Waals surface area contributed by atoms with E-state index in [1.54, 1.807) is 12.4 Å². The molecule has 106 valence electrons. The van der Waals surface area contributed by atoms with Gasteiger partial charge in [-0.25, -0.2) is 4.98 Å². The number of hydrogen-bond donors (Lipinski definition) is 1. The van der Waals surface area contributed by atoms with Crippen molar-refractivity contribution in [1.82, 2.24) is 9.97 Å². The molecule has 0 spiro atoms. The van der Waals surface area contributed by atoms with E-state index < -0.39 is 0 Å². The number of anilines is 1. The molecule has 1 aromatic carbocycles. The summed E-state index contributed by atoms with van der Waals surface area (Å²) in [5.41, 5.74) is 2.81. The maximum atomic E-state index is 6.13. The third kappa shape index (κ3) is 3.61. The number of benzene rings is 1. The van der Waals surface area contributed by atoms with Gasteiger partial charge in [-0.3, -0.25) is 4.98 Å². The van der Waals surface area contributed by atoms with Gasteiger partial charge in [0.05, 0.1) is 18.1 Å². The molecule has 0 atom stereocenters. The zero-order valence-electron chi connectivity index (χ0n) is 11.9. The summed E-state index contributed by atoms with van der Waals surface area (Å²) in [6.07, 6.45) is 3.42. The molecule has 0 aliphatic heterocycles. The van der Waals surface area contributed by atoms with Crippen LogP contribution in [0.15, 0.2) is 24.5 Å². The second-order valence-electron chi connectivity index (χ2n) is 4.58. The van der Waals surface area contributed by atoms with Gasteiger partial charge in [-0.05, 0) is 44.0 Å². The van der Waals surface area contributed by atoms with Crippen molar-refractivity contribution in [2.75, 3.05) is 11.9 Å². The zero-order valence-corrected chi connectivity index (χ0v) is 12.7. The molecule has 0 unspecified atom stereocenters.